The highest BCUT2D eigenvalue weighted by Crippen LogP contribution is 2.34. The fraction of sp³-hybridized carbons (Fsp3) is 0.367. The maximum Gasteiger partial charge on any atom is 0.137 e. The SMILES string of the molecule is C=C/C(=C\C(=C/C)c1cc2c(-c3cc4c(N5CCCCC5)nccc4[nH]3)n[nH]c2cn1)CCCN(C)C. The molecular weight excluding hydrogens is 458 g/mol. The van der Waals surface area contributed by atoms with Crippen molar-refractivity contribution in [2.45, 2.75) is 39.0 Å². The van der Waals surface area contributed by atoms with E-state index in [1.807, 2.05) is 24.5 Å². The molecular formula is C30H37N7. The molecule has 2 N–H and O–H groups in total. The van der Waals surface area contributed by atoms with Gasteiger partial charge in [0.05, 0.1) is 28.6 Å². The zero-order chi connectivity index (χ0) is 25.8. The van der Waals surface area contributed by atoms with Gasteiger partial charge in [-0.25, -0.2) is 4.98 Å². The van der Waals surface area contributed by atoms with Gasteiger partial charge in [0, 0.05) is 30.1 Å². The molecule has 5 heterocycles. The molecule has 1 fully saturated rings. The third-order valence-corrected chi connectivity index (χ3v) is 7.17. The van der Waals surface area contributed by atoms with E-state index in [0.717, 1.165) is 82.8 Å². The number of nitrogens with zero attached hydrogens (tertiary/aromatic N) is 5. The summed E-state index contributed by atoms with van der Waals surface area (Å²) in [5.74, 6) is 1.06. The molecule has 0 spiro atoms. The minimum absolute atomic E-state index is 0.897. The number of piperidine rings is 1. The number of anilines is 1. The number of allylic oxidation sites excluding steroid dienone is 5. The Morgan fingerprint density at radius 3 is 2.70 bits per heavy atom. The standard InChI is InChI=1S/C30H37N7/c1-5-21(11-10-14-36(3)4)17-22(6-2)26-18-23-28(20-32-26)34-35-29(23)27-19-24-25(33-27)12-13-31-30(24)37-15-8-7-9-16-37/h5-6,12-13,17-20,33H,1,7-11,14-16H2,2-4H3,(H,34,35)/b21-17+,22-6+. The van der Waals surface area contributed by atoms with Crippen LogP contribution in [0.25, 0.3) is 38.8 Å². The molecule has 0 saturated carbocycles. The summed E-state index contributed by atoms with van der Waals surface area (Å²) in [4.78, 5) is 17.7. The van der Waals surface area contributed by atoms with Crippen LogP contribution in [0, 0.1) is 0 Å². The number of H-pyrrole nitrogens is 2. The predicted molar refractivity (Wildman–Crippen MR) is 155 cm³/mol. The van der Waals surface area contributed by atoms with Crippen LogP contribution in [-0.2, 0) is 0 Å². The van der Waals surface area contributed by atoms with Crippen molar-refractivity contribution in [1.82, 2.24) is 30.0 Å². The highest BCUT2D eigenvalue weighted by Gasteiger charge is 2.18. The van der Waals surface area contributed by atoms with Gasteiger partial charge < -0.3 is 14.8 Å². The van der Waals surface area contributed by atoms with Gasteiger partial charge in [-0.1, -0.05) is 18.7 Å². The van der Waals surface area contributed by atoms with E-state index in [-0.39, 0.29) is 0 Å². The maximum atomic E-state index is 4.75. The molecule has 0 atom stereocenters. The number of aromatic amines is 2. The lowest BCUT2D eigenvalue weighted by molar-refractivity contribution is 0.400. The second-order valence-electron chi connectivity index (χ2n) is 10.1. The van der Waals surface area contributed by atoms with Gasteiger partial charge in [0.25, 0.3) is 0 Å². The molecule has 4 aromatic rings. The van der Waals surface area contributed by atoms with E-state index in [4.69, 9.17) is 9.97 Å². The van der Waals surface area contributed by atoms with Crippen LogP contribution in [0.15, 0.2) is 61.0 Å². The fourth-order valence-electron chi connectivity index (χ4n) is 5.14. The van der Waals surface area contributed by atoms with Gasteiger partial charge in [0.15, 0.2) is 0 Å². The van der Waals surface area contributed by atoms with Gasteiger partial charge in [-0.05, 0) is 95.1 Å². The number of nitrogens with one attached hydrogen (secondary N) is 2. The Hall–Kier alpha value is -3.71. The van der Waals surface area contributed by atoms with Crippen molar-refractivity contribution >= 4 is 33.2 Å². The Labute approximate surface area is 219 Å². The molecule has 7 heteroatoms. The topological polar surface area (TPSA) is 76.7 Å². The summed E-state index contributed by atoms with van der Waals surface area (Å²) in [6, 6.07) is 6.37. The van der Waals surface area contributed by atoms with Crippen LogP contribution in [-0.4, -0.2) is 63.8 Å². The van der Waals surface area contributed by atoms with Crippen molar-refractivity contribution < 1.29 is 0 Å². The Balaban J connectivity index is 1.48. The lowest BCUT2D eigenvalue weighted by atomic mass is 10.0. The Morgan fingerprint density at radius 2 is 1.95 bits per heavy atom. The smallest absolute Gasteiger partial charge is 0.137 e. The average Bonchev–Trinajstić information content (AvgIpc) is 3.54. The lowest BCUT2D eigenvalue weighted by Gasteiger charge is -2.28. The number of rotatable bonds is 9. The third kappa shape index (κ3) is 5.37. The summed E-state index contributed by atoms with van der Waals surface area (Å²) >= 11 is 0. The van der Waals surface area contributed by atoms with Crippen LogP contribution in [0.3, 0.4) is 0 Å². The second-order valence-corrected chi connectivity index (χ2v) is 10.1. The van der Waals surface area contributed by atoms with Crippen LogP contribution in [0.1, 0.15) is 44.7 Å². The molecule has 1 aliphatic heterocycles. The van der Waals surface area contributed by atoms with E-state index in [0.29, 0.717) is 0 Å². The van der Waals surface area contributed by atoms with E-state index in [9.17, 15) is 0 Å². The van der Waals surface area contributed by atoms with Crippen LogP contribution >= 0.6 is 0 Å². The van der Waals surface area contributed by atoms with Crippen LogP contribution in [0.2, 0.25) is 0 Å². The predicted octanol–water partition coefficient (Wildman–Crippen LogP) is 6.35. The molecule has 0 radical (unpaired) electrons. The van der Waals surface area contributed by atoms with Crippen molar-refractivity contribution in [3.05, 3.63) is 66.7 Å². The summed E-state index contributed by atoms with van der Waals surface area (Å²) in [6.45, 7) is 9.28. The summed E-state index contributed by atoms with van der Waals surface area (Å²) in [5, 5.41) is 10.0. The Morgan fingerprint density at radius 1 is 1.11 bits per heavy atom. The number of aromatic nitrogens is 5. The van der Waals surface area contributed by atoms with Gasteiger partial charge in [-0.2, -0.15) is 5.10 Å². The summed E-state index contributed by atoms with van der Waals surface area (Å²) < 4.78 is 0. The van der Waals surface area contributed by atoms with Crippen molar-refractivity contribution in [2.75, 3.05) is 38.6 Å². The van der Waals surface area contributed by atoms with Gasteiger partial charge in [-0.15, -0.1) is 0 Å². The van der Waals surface area contributed by atoms with E-state index < -0.39 is 0 Å². The molecule has 0 unspecified atom stereocenters. The number of hydrogen-bond donors (Lipinski definition) is 2. The zero-order valence-corrected chi connectivity index (χ0v) is 22.2. The summed E-state index contributed by atoms with van der Waals surface area (Å²) in [5.41, 5.74) is 7.12. The van der Waals surface area contributed by atoms with E-state index in [1.54, 1.807) is 0 Å². The zero-order valence-electron chi connectivity index (χ0n) is 22.2. The van der Waals surface area contributed by atoms with Gasteiger partial charge in [0.2, 0.25) is 0 Å². The minimum Gasteiger partial charge on any atom is -0.356 e. The fourth-order valence-corrected chi connectivity index (χ4v) is 5.14. The quantitative estimate of drug-likeness (QED) is 0.265. The molecule has 5 rings (SSSR count). The monoisotopic (exact) mass is 495 g/mol. The first-order chi connectivity index (χ1) is 18.1. The van der Waals surface area contributed by atoms with Gasteiger partial charge in [0.1, 0.15) is 11.5 Å². The van der Waals surface area contributed by atoms with Gasteiger partial charge >= 0.3 is 0 Å². The molecule has 37 heavy (non-hydrogen) atoms. The first-order valence-electron chi connectivity index (χ1n) is 13.3. The number of fused-ring (bicyclic) bond motifs is 2. The van der Waals surface area contributed by atoms with Crippen molar-refractivity contribution in [2.24, 2.45) is 0 Å². The molecule has 0 amide bonds. The summed E-state index contributed by atoms with van der Waals surface area (Å²) in [7, 11) is 4.21. The van der Waals surface area contributed by atoms with Crippen molar-refractivity contribution in [3.8, 4) is 11.4 Å². The molecule has 1 aliphatic rings. The highest BCUT2D eigenvalue weighted by atomic mass is 15.2. The van der Waals surface area contributed by atoms with E-state index in [1.165, 1.54) is 24.8 Å². The number of hydrogen-bond acceptors (Lipinski definition) is 5. The van der Waals surface area contributed by atoms with E-state index in [2.05, 4.69) is 76.9 Å². The first-order valence-corrected chi connectivity index (χ1v) is 13.3. The first kappa shape index (κ1) is 25.0. The molecule has 7 nitrogen and oxygen atoms in total. The second kappa shape index (κ2) is 11.1. The average molecular weight is 496 g/mol. The van der Waals surface area contributed by atoms with Crippen LogP contribution in [0.5, 0.6) is 0 Å². The lowest BCUT2D eigenvalue weighted by Crippen LogP contribution is -2.30. The summed E-state index contributed by atoms with van der Waals surface area (Å²) in [6.07, 6.45) is 15.9. The molecule has 4 aromatic heterocycles. The van der Waals surface area contributed by atoms with Crippen molar-refractivity contribution in [1.29, 1.82) is 0 Å². The number of pyridine rings is 2. The third-order valence-electron chi connectivity index (χ3n) is 7.17. The van der Waals surface area contributed by atoms with Crippen molar-refractivity contribution in [3.63, 3.8) is 0 Å². The molecule has 0 aromatic carbocycles. The van der Waals surface area contributed by atoms with Crippen LogP contribution < -0.4 is 4.90 Å². The molecule has 0 aliphatic carbocycles. The minimum atomic E-state index is 0.897. The largest absolute Gasteiger partial charge is 0.356 e. The Bertz CT molecular complexity index is 1450. The molecule has 1 saturated heterocycles. The maximum absolute atomic E-state index is 4.75. The molecule has 192 valence electrons. The Kier molecular flexibility index (Phi) is 7.51. The normalized spacial score (nSPS) is 15.3. The van der Waals surface area contributed by atoms with Crippen LogP contribution in [0.4, 0.5) is 5.82 Å². The molecule has 0 bridgehead atoms. The van der Waals surface area contributed by atoms with E-state index >= 15 is 0 Å². The van der Waals surface area contributed by atoms with Gasteiger partial charge in [-0.3, -0.25) is 10.1 Å². The highest BCUT2D eigenvalue weighted by molar-refractivity contribution is 5.99.